The number of imide groups is 1. The Hall–Kier alpha value is -3.71. The third-order valence-corrected chi connectivity index (χ3v) is 7.55. The molecule has 8 N–H and O–H groups in total. The standard InChI is InChI=1S/C23H30N8O5/c1-11(2)12-4-3-5-13(8-12)19(34)27-15-10-31-21(25)26-14(9-30-16(32)6-7-17(30)33)18-22(31,23(15,35)36)29-20(24)28-18/h3-5,8,11,14-15,18,35-36H,6-7,9-10H2,1-2H3,(H2,25,26)(H,27,34)(H3,24,28,29). The fourth-order valence-corrected chi connectivity index (χ4v) is 5.64. The van der Waals surface area contributed by atoms with Gasteiger partial charge in [0.2, 0.25) is 17.6 Å². The topological polar surface area (TPSA) is 194 Å². The van der Waals surface area contributed by atoms with Crippen molar-refractivity contribution in [2.45, 2.75) is 62.2 Å². The second-order valence-electron chi connectivity index (χ2n) is 10.0. The minimum absolute atomic E-state index is 0.0997. The van der Waals surface area contributed by atoms with Crippen LogP contribution in [-0.2, 0) is 9.59 Å². The molecule has 4 unspecified atom stereocenters. The van der Waals surface area contributed by atoms with Gasteiger partial charge in [0.15, 0.2) is 17.6 Å². The van der Waals surface area contributed by atoms with Gasteiger partial charge in [-0.05, 0) is 23.6 Å². The number of hydrogen-bond acceptors (Lipinski definition) is 7. The van der Waals surface area contributed by atoms with E-state index in [1.807, 2.05) is 19.9 Å². The van der Waals surface area contributed by atoms with Crippen LogP contribution < -0.4 is 21.3 Å². The molecule has 1 aromatic carbocycles. The quantitative estimate of drug-likeness (QED) is 0.170. The summed E-state index contributed by atoms with van der Waals surface area (Å²) >= 11 is 0. The van der Waals surface area contributed by atoms with E-state index in [1.54, 1.807) is 18.2 Å². The highest BCUT2D eigenvalue weighted by atomic mass is 16.5. The summed E-state index contributed by atoms with van der Waals surface area (Å²) in [6, 6.07) is 4.09. The van der Waals surface area contributed by atoms with Crippen LogP contribution in [0.1, 0.15) is 48.5 Å². The molecule has 192 valence electrons. The molecule has 4 heterocycles. The zero-order valence-electron chi connectivity index (χ0n) is 20.0. The Labute approximate surface area is 207 Å². The van der Waals surface area contributed by atoms with Crippen molar-refractivity contribution in [3.05, 3.63) is 35.4 Å². The maximum absolute atomic E-state index is 13.1. The summed E-state index contributed by atoms with van der Waals surface area (Å²) in [5.41, 5.74) is -0.488. The lowest BCUT2D eigenvalue weighted by molar-refractivity contribution is -0.232. The van der Waals surface area contributed by atoms with Crippen LogP contribution in [0.3, 0.4) is 0 Å². The predicted octanol–water partition coefficient (Wildman–Crippen LogP) is -1.85. The fourth-order valence-electron chi connectivity index (χ4n) is 5.64. The molecular weight excluding hydrogens is 468 g/mol. The highest BCUT2D eigenvalue weighted by molar-refractivity contribution is 6.02. The van der Waals surface area contributed by atoms with Gasteiger partial charge in [-0.15, -0.1) is 0 Å². The average Bonchev–Trinajstić information content (AvgIpc) is 3.42. The number of nitrogens with zero attached hydrogens (tertiary/aromatic N) is 2. The summed E-state index contributed by atoms with van der Waals surface area (Å²) in [5.74, 6) is -4.03. The van der Waals surface area contributed by atoms with E-state index in [1.165, 1.54) is 4.90 Å². The SMILES string of the molecule is CC(C)c1cccc(C(=O)NC2CN3C(=N)NC(CN4C(=O)CCC4=O)C4NC(=N)NC43C2(O)O)c1. The first-order valence-corrected chi connectivity index (χ1v) is 11.9. The molecule has 0 saturated carbocycles. The molecule has 0 aliphatic carbocycles. The van der Waals surface area contributed by atoms with Gasteiger partial charge in [0.25, 0.3) is 5.91 Å². The lowest BCUT2D eigenvalue weighted by Crippen LogP contribution is -2.81. The van der Waals surface area contributed by atoms with Crippen LogP contribution in [0.25, 0.3) is 0 Å². The van der Waals surface area contributed by atoms with Crippen molar-refractivity contribution >= 4 is 29.6 Å². The smallest absolute Gasteiger partial charge is 0.251 e. The van der Waals surface area contributed by atoms with Crippen molar-refractivity contribution in [2.24, 2.45) is 0 Å². The molecule has 0 radical (unpaired) electrons. The number of carbonyl (C=O) groups is 3. The van der Waals surface area contributed by atoms with Gasteiger partial charge in [-0.2, -0.15) is 0 Å². The Morgan fingerprint density at radius 3 is 2.56 bits per heavy atom. The van der Waals surface area contributed by atoms with Crippen LogP contribution in [0, 0.1) is 10.8 Å². The van der Waals surface area contributed by atoms with E-state index >= 15 is 0 Å². The summed E-state index contributed by atoms with van der Waals surface area (Å²) < 4.78 is 0. The molecule has 0 aromatic heterocycles. The number of likely N-dealkylation sites (tertiary alicyclic amines) is 1. The number of aliphatic hydroxyl groups is 2. The van der Waals surface area contributed by atoms with Gasteiger partial charge in [0.1, 0.15) is 6.04 Å². The Morgan fingerprint density at radius 2 is 1.89 bits per heavy atom. The van der Waals surface area contributed by atoms with Gasteiger partial charge in [-0.3, -0.25) is 30.1 Å². The summed E-state index contributed by atoms with van der Waals surface area (Å²) in [6.07, 6.45) is 0.199. The van der Waals surface area contributed by atoms with E-state index in [-0.39, 0.29) is 55.6 Å². The van der Waals surface area contributed by atoms with Gasteiger partial charge in [-0.25, -0.2) is 0 Å². The van der Waals surface area contributed by atoms with E-state index < -0.39 is 35.5 Å². The van der Waals surface area contributed by atoms with E-state index in [0.717, 1.165) is 10.5 Å². The number of hydrogen-bond donors (Lipinski definition) is 8. The Balaban J connectivity index is 1.44. The molecule has 4 atom stereocenters. The van der Waals surface area contributed by atoms with Gasteiger partial charge in [0, 0.05) is 24.9 Å². The largest absolute Gasteiger partial charge is 0.361 e. The summed E-state index contributed by atoms with van der Waals surface area (Å²) in [4.78, 5) is 40.0. The third-order valence-electron chi connectivity index (χ3n) is 7.55. The van der Waals surface area contributed by atoms with Crippen molar-refractivity contribution < 1.29 is 24.6 Å². The molecule has 1 spiro atoms. The van der Waals surface area contributed by atoms with Crippen molar-refractivity contribution in [2.75, 3.05) is 13.1 Å². The zero-order valence-corrected chi connectivity index (χ0v) is 20.0. The maximum Gasteiger partial charge on any atom is 0.251 e. The highest BCUT2D eigenvalue weighted by Gasteiger charge is 2.74. The van der Waals surface area contributed by atoms with Crippen molar-refractivity contribution in [1.82, 2.24) is 31.1 Å². The molecule has 1 aromatic rings. The van der Waals surface area contributed by atoms with Crippen molar-refractivity contribution in [3.8, 4) is 0 Å². The predicted molar refractivity (Wildman–Crippen MR) is 127 cm³/mol. The fraction of sp³-hybridized carbons (Fsp3) is 0.522. The van der Waals surface area contributed by atoms with Crippen molar-refractivity contribution in [3.63, 3.8) is 0 Å². The zero-order chi connectivity index (χ0) is 26.0. The molecule has 13 heteroatoms. The van der Waals surface area contributed by atoms with Crippen LogP contribution >= 0.6 is 0 Å². The summed E-state index contributed by atoms with van der Waals surface area (Å²) in [7, 11) is 0. The number of nitrogens with one attached hydrogen (secondary N) is 6. The Bertz CT molecular complexity index is 1150. The summed E-state index contributed by atoms with van der Waals surface area (Å²) in [6.45, 7) is 3.76. The molecule has 13 nitrogen and oxygen atoms in total. The molecule has 5 rings (SSSR count). The summed E-state index contributed by atoms with van der Waals surface area (Å²) in [5, 5.41) is 51.0. The second kappa shape index (κ2) is 8.17. The van der Waals surface area contributed by atoms with E-state index in [4.69, 9.17) is 10.8 Å². The van der Waals surface area contributed by atoms with Crippen LogP contribution in [0.15, 0.2) is 24.3 Å². The van der Waals surface area contributed by atoms with E-state index in [0.29, 0.717) is 5.56 Å². The van der Waals surface area contributed by atoms with Gasteiger partial charge < -0.3 is 36.4 Å². The highest BCUT2D eigenvalue weighted by Crippen LogP contribution is 2.43. The minimum Gasteiger partial charge on any atom is -0.361 e. The minimum atomic E-state index is -2.63. The van der Waals surface area contributed by atoms with Crippen LogP contribution in [-0.4, -0.2) is 92.3 Å². The molecule has 4 aliphatic rings. The Kier molecular flexibility index (Phi) is 5.45. The molecule has 4 fully saturated rings. The Morgan fingerprint density at radius 1 is 1.19 bits per heavy atom. The number of carbonyl (C=O) groups excluding carboxylic acids is 3. The molecular formula is C23H30N8O5. The molecule has 3 amide bonds. The average molecular weight is 499 g/mol. The second-order valence-corrected chi connectivity index (χ2v) is 10.0. The molecule has 4 aliphatic heterocycles. The molecule has 36 heavy (non-hydrogen) atoms. The number of rotatable bonds is 5. The molecule has 4 saturated heterocycles. The van der Waals surface area contributed by atoms with Gasteiger partial charge in [-0.1, -0.05) is 26.0 Å². The molecule has 0 bridgehead atoms. The van der Waals surface area contributed by atoms with Gasteiger partial charge in [0.05, 0.1) is 18.6 Å². The third kappa shape index (κ3) is 3.41. The number of benzene rings is 1. The van der Waals surface area contributed by atoms with Crippen LogP contribution in [0.2, 0.25) is 0 Å². The van der Waals surface area contributed by atoms with E-state index in [9.17, 15) is 24.6 Å². The number of guanidine groups is 2. The van der Waals surface area contributed by atoms with Crippen molar-refractivity contribution in [1.29, 1.82) is 10.8 Å². The lowest BCUT2D eigenvalue weighted by atomic mass is 9.84. The van der Waals surface area contributed by atoms with Gasteiger partial charge >= 0.3 is 0 Å². The van der Waals surface area contributed by atoms with Crippen LogP contribution in [0.5, 0.6) is 0 Å². The first-order valence-electron chi connectivity index (χ1n) is 11.9. The van der Waals surface area contributed by atoms with E-state index in [2.05, 4.69) is 21.3 Å². The first-order chi connectivity index (χ1) is 17.0. The normalized spacial score (nSPS) is 30.6. The first kappa shape index (κ1) is 24.0. The monoisotopic (exact) mass is 498 g/mol. The van der Waals surface area contributed by atoms with Crippen LogP contribution in [0.4, 0.5) is 0 Å². The maximum atomic E-state index is 13.1. The number of amides is 3. The lowest BCUT2D eigenvalue weighted by Gasteiger charge is -2.51.